The third-order valence-corrected chi connectivity index (χ3v) is 3.41. The maximum atomic E-state index is 13.2. The van der Waals surface area contributed by atoms with Crippen LogP contribution in [0, 0.1) is 11.7 Å². The highest BCUT2D eigenvalue weighted by Gasteiger charge is 2.07. The second-order valence-corrected chi connectivity index (χ2v) is 6.25. The van der Waals surface area contributed by atoms with Crippen molar-refractivity contribution in [3.05, 3.63) is 58.3 Å². The van der Waals surface area contributed by atoms with Gasteiger partial charge in [0.25, 0.3) is 0 Å². The van der Waals surface area contributed by atoms with Crippen molar-refractivity contribution in [3.63, 3.8) is 0 Å². The lowest BCUT2D eigenvalue weighted by molar-refractivity contribution is 0.464. The van der Waals surface area contributed by atoms with Crippen LogP contribution in [0.2, 0.25) is 0 Å². The second-order valence-electron chi connectivity index (χ2n) is 5.34. The molecule has 0 aromatic heterocycles. The summed E-state index contributed by atoms with van der Waals surface area (Å²) in [4.78, 5) is 0. The molecule has 0 fully saturated rings. The number of benzene rings is 2. The van der Waals surface area contributed by atoms with E-state index in [2.05, 4.69) is 35.1 Å². The Kier molecular flexibility index (Phi) is 5.76. The average Bonchev–Trinajstić information content (AvgIpc) is 2.41. The Balaban J connectivity index is 2.14. The van der Waals surface area contributed by atoms with E-state index in [0.29, 0.717) is 18.2 Å². The van der Waals surface area contributed by atoms with Gasteiger partial charge in [0.15, 0.2) is 0 Å². The second kappa shape index (κ2) is 7.57. The number of rotatable bonds is 6. The van der Waals surface area contributed by atoms with E-state index < -0.39 is 0 Å². The van der Waals surface area contributed by atoms with E-state index in [9.17, 15) is 4.39 Å². The summed E-state index contributed by atoms with van der Waals surface area (Å²) in [5, 5.41) is 3.39. The van der Waals surface area contributed by atoms with Gasteiger partial charge < -0.3 is 10.1 Å². The molecule has 2 nitrogen and oxygen atoms in total. The molecule has 2 aromatic carbocycles. The van der Waals surface area contributed by atoms with Gasteiger partial charge in [-0.1, -0.05) is 35.8 Å². The minimum absolute atomic E-state index is 0.302. The molecule has 112 valence electrons. The molecule has 2 aromatic rings. The number of ether oxygens (including phenoxy) is 1. The molecule has 0 aliphatic rings. The highest BCUT2D eigenvalue weighted by Crippen LogP contribution is 2.28. The van der Waals surface area contributed by atoms with E-state index in [1.165, 1.54) is 12.1 Å². The van der Waals surface area contributed by atoms with Crippen molar-refractivity contribution in [2.24, 2.45) is 5.92 Å². The summed E-state index contributed by atoms with van der Waals surface area (Å²) < 4.78 is 20.0. The van der Waals surface area contributed by atoms with Crippen LogP contribution >= 0.6 is 15.9 Å². The van der Waals surface area contributed by atoms with Crippen LogP contribution in [0.3, 0.4) is 0 Å². The highest BCUT2D eigenvalue weighted by atomic mass is 79.9. The van der Waals surface area contributed by atoms with E-state index in [0.717, 1.165) is 22.3 Å². The van der Waals surface area contributed by atoms with Crippen molar-refractivity contribution in [2.45, 2.75) is 20.4 Å². The Bertz CT molecular complexity index is 601. The lowest BCUT2D eigenvalue weighted by atomic mass is 10.1. The summed E-state index contributed by atoms with van der Waals surface area (Å²) >= 11 is 3.47. The predicted octanol–water partition coefficient (Wildman–Crippen LogP) is 5.13. The molecule has 0 bridgehead atoms. The number of nitrogens with one attached hydrogen (secondary N) is 1. The molecule has 1 N–H and O–H groups in total. The standard InChI is InChI=1S/C17H19BrFNO/c1-12(2)10-20-11-13-8-14(18)6-7-17(13)21-16-5-3-4-15(19)9-16/h3-9,12,20H,10-11H2,1-2H3. The van der Waals surface area contributed by atoms with Gasteiger partial charge in [0.1, 0.15) is 17.3 Å². The SMILES string of the molecule is CC(C)CNCc1cc(Br)ccc1Oc1cccc(F)c1. The third kappa shape index (κ3) is 5.14. The molecule has 0 aliphatic heterocycles. The van der Waals surface area contributed by atoms with Gasteiger partial charge in [0, 0.05) is 22.6 Å². The fourth-order valence-electron chi connectivity index (χ4n) is 1.94. The predicted molar refractivity (Wildman–Crippen MR) is 87.2 cm³/mol. The molecule has 4 heteroatoms. The van der Waals surface area contributed by atoms with Crippen LogP contribution in [-0.4, -0.2) is 6.54 Å². The van der Waals surface area contributed by atoms with Crippen molar-refractivity contribution in [3.8, 4) is 11.5 Å². The normalized spacial score (nSPS) is 10.9. The summed E-state index contributed by atoms with van der Waals surface area (Å²) in [6.45, 7) is 5.98. The van der Waals surface area contributed by atoms with Gasteiger partial charge in [0.05, 0.1) is 0 Å². The molecule has 0 unspecified atom stereocenters. The van der Waals surface area contributed by atoms with Crippen LogP contribution in [0.25, 0.3) is 0 Å². The fraction of sp³-hybridized carbons (Fsp3) is 0.294. The van der Waals surface area contributed by atoms with Gasteiger partial charge in [0.2, 0.25) is 0 Å². The first-order valence-electron chi connectivity index (χ1n) is 6.97. The topological polar surface area (TPSA) is 21.3 Å². The number of hydrogen-bond donors (Lipinski definition) is 1. The third-order valence-electron chi connectivity index (χ3n) is 2.91. The first kappa shape index (κ1) is 16.0. The van der Waals surface area contributed by atoms with Crippen molar-refractivity contribution in [1.82, 2.24) is 5.32 Å². The molecule has 0 amide bonds. The molecule has 2 rings (SSSR count). The Hall–Kier alpha value is -1.39. The van der Waals surface area contributed by atoms with E-state index >= 15 is 0 Å². The van der Waals surface area contributed by atoms with Crippen molar-refractivity contribution >= 4 is 15.9 Å². The van der Waals surface area contributed by atoms with Crippen LogP contribution in [-0.2, 0) is 6.54 Å². The van der Waals surface area contributed by atoms with Gasteiger partial charge >= 0.3 is 0 Å². The minimum Gasteiger partial charge on any atom is -0.457 e. The van der Waals surface area contributed by atoms with Crippen LogP contribution in [0.4, 0.5) is 4.39 Å². The van der Waals surface area contributed by atoms with Crippen LogP contribution in [0.1, 0.15) is 19.4 Å². The molecule has 0 radical (unpaired) electrons. The first-order valence-corrected chi connectivity index (χ1v) is 7.76. The largest absolute Gasteiger partial charge is 0.457 e. The minimum atomic E-state index is -0.302. The van der Waals surface area contributed by atoms with Crippen LogP contribution in [0.15, 0.2) is 46.9 Å². The summed E-state index contributed by atoms with van der Waals surface area (Å²) in [7, 11) is 0. The zero-order valence-electron chi connectivity index (χ0n) is 12.2. The van der Waals surface area contributed by atoms with E-state index in [4.69, 9.17) is 4.74 Å². The molecule has 0 saturated carbocycles. The monoisotopic (exact) mass is 351 g/mol. The van der Waals surface area contributed by atoms with Crippen molar-refractivity contribution in [2.75, 3.05) is 6.54 Å². The van der Waals surface area contributed by atoms with E-state index in [-0.39, 0.29) is 5.82 Å². The highest BCUT2D eigenvalue weighted by molar-refractivity contribution is 9.10. The molecule has 0 aliphatic carbocycles. The molecule has 0 saturated heterocycles. The van der Waals surface area contributed by atoms with Gasteiger partial charge in [-0.3, -0.25) is 0 Å². The lowest BCUT2D eigenvalue weighted by Crippen LogP contribution is -2.19. The lowest BCUT2D eigenvalue weighted by Gasteiger charge is -2.13. The summed E-state index contributed by atoms with van der Waals surface area (Å²) in [6, 6.07) is 12.0. The Morgan fingerprint density at radius 3 is 2.71 bits per heavy atom. The van der Waals surface area contributed by atoms with E-state index in [1.54, 1.807) is 12.1 Å². The average molecular weight is 352 g/mol. The summed E-state index contributed by atoms with van der Waals surface area (Å²) in [5.41, 5.74) is 1.04. The molecule has 21 heavy (non-hydrogen) atoms. The molecule has 0 heterocycles. The zero-order valence-corrected chi connectivity index (χ0v) is 13.8. The molecular formula is C17H19BrFNO. The van der Waals surface area contributed by atoms with Crippen molar-refractivity contribution in [1.29, 1.82) is 0 Å². The summed E-state index contributed by atoms with van der Waals surface area (Å²) in [5.74, 6) is 1.52. The zero-order chi connectivity index (χ0) is 15.2. The summed E-state index contributed by atoms with van der Waals surface area (Å²) in [6.07, 6.45) is 0. The Morgan fingerprint density at radius 1 is 1.19 bits per heavy atom. The number of hydrogen-bond acceptors (Lipinski definition) is 2. The van der Waals surface area contributed by atoms with Gasteiger partial charge in [-0.05, 0) is 42.8 Å². The quantitative estimate of drug-likeness (QED) is 0.779. The smallest absolute Gasteiger partial charge is 0.131 e. The molecule has 0 spiro atoms. The maximum absolute atomic E-state index is 13.2. The van der Waals surface area contributed by atoms with Gasteiger partial charge in [-0.25, -0.2) is 4.39 Å². The van der Waals surface area contributed by atoms with E-state index in [1.807, 2.05) is 18.2 Å². The maximum Gasteiger partial charge on any atom is 0.131 e. The molecular weight excluding hydrogens is 333 g/mol. The number of halogens is 2. The Labute approximate surface area is 133 Å². The first-order chi connectivity index (χ1) is 10.0. The van der Waals surface area contributed by atoms with Crippen LogP contribution in [0.5, 0.6) is 11.5 Å². The van der Waals surface area contributed by atoms with Crippen molar-refractivity contribution < 1.29 is 9.13 Å². The van der Waals surface area contributed by atoms with Crippen LogP contribution < -0.4 is 10.1 Å². The Morgan fingerprint density at radius 2 is 2.00 bits per heavy atom. The molecule has 0 atom stereocenters. The van der Waals surface area contributed by atoms with Gasteiger partial charge in [-0.2, -0.15) is 0 Å². The van der Waals surface area contributed by atoms with Gasteiger partial charge in [-0.15, -0.1) is 0 Å². The fourth-order valence-corrected chi connectivity index (χ4v) is 2.35.